The lowest BCUT2D eigenvalue weighted by Crippen LogP contribution is -2.39. The van der Waals surface area contributed by atoms with Crippen LogP contribution in [0.3, 0.4) is 0 Å². The topological polar surface area (TPSA) is 60.8 Å². The number of ether oxygens (including phenoxy) is 1. The van der Waals surface area contributed by atoms with Crippen LogP contribution in [0.2, 0.25) is 0 Å². The van der Waals surface area contributed by atoms with E-state index >= 15 is 0 Å². The van der Waals surface area contributed by atoms with E-state index in [4.69, 9.17) is 10.1 Å². The molecule has 5 nitrogen and oxygen atoms in total. The summed E-state index contributed by atoms with van der Waals surface area (Å²) < 4.78 is 5.85. The van der Waals surface area contributed by atoms with Crippen molar-refractivity contribution in [1.82, 2.24) is 0 Å². The first kappa shape index (κ1) is 16.6. The Hall–Kier alpha value is -1.80. The Morgan fingerprint density at radius 3 is 2.73 bits per heavy atom. The molecule has 0 spiro atoms. The number of nitrogens with zero attached hydrogens (tertiary/aromatic N) is 3. The van der Waals surface area contributed by atoms with E-state index in [0.717, 1.165) is 30.7 Å². The van der Waals surface area contributed by atoms with Crippen LogP contribution in [-0.4, -0.2) is 30.9 Å². The minimum atomic E-state index is 0.121. The predicted octanol–water partition coefficient (Wildman–Crippen LogP) is 4.09. The van der Waals surface area contributed by atoms with Crippen molar-refractivity contribution in [2.24, 2.45) is 0 Å². The van der Waals surface area contributed by atoms with Crippen LogP contribution in [0.4, 0.5) is 11.4 Å². The van der Waals surface area contributed by atoms with Crippen LogP contribution >= 0.6 is 0 Å². The van der Waals surface area contributed by atoms with Gasteiger partial charge in [-0.25, -0.2) is 0 Å². The molecular weight excluding hydrogens is 278 g/mol. The van der Waals surface area contributed by atoms with Crippen LogP contribution in [-0.2, 0) is 0 Å². The van der Waals surface area contributed by atoms with Crippen LogP contribution < -0.4 is 9.64 Å². The van der Waals surface area contributed by atoms with E-state index in [1.807, 2.05) is 6.07 Å². The maximum atomic E-state index is 9.46. The van der Waals surface area contributed by atoms with Gasteiger partial charge in [0.15, 0.2) is 10.7 Å². The zero-order chi connectivity index (χ0) is 15.8. The third-order valence-electron chi connectivity index (χ3n) is 4.19. The number of diazo groups is 1. The largest absolute Gasteiger partial charge is 0.491 e. The summed E-state index contributed by atoms with van der Waals surface area (Å²) in [5.74, 6) is 0.733. The summed E-state index contributed by atoms with van der Waals surface area (Å²) in [5.41, 5.74) is 1.48. The van der Waals surface area contributed by atoms with Gasteiger partial charge in [0.1, 0.15) is 0 Å². The highest BCUT2D eigenvalue weighted by molar-refractivity contribution is 5.66. The number of hydrogen-bond acceptors (Lipinski definition) is 4. The molecule has 1 aliphatic carbocycles. The van der Waals surface area contributed by atoms with Crippen molar-refractivity contribution in [2.75, 3.05) is 24.7 Å². The fourth-order valence-corrected chi connectivity index (χ4v) is 3.13. The molecule has 1 aliphatic rings. The van der Waals surface area contributed by atoms with Gasteiger partial charge in [0.25, 0.3) is 0 Å². The molecule has 0 atom stereocenters. The molecule has 1 saturated carbocycles. The highest BCUT2D eigenvalue weighted by Gasteiger charge is 2.25. The molecule has 0 heterocycles. The molecule has 5 heteroatoms. The van der Waals surface area contributed by atoms with E-state index < -0.39 is 0 Å². The van der Waals surface area contributed by atoms with Gasteiger partial charge >= 0.3 is 5.69 Å². The fraction of sp³-hybridized carbons (Fsp3) is 0.647. The summed E-state index contributed by atoms with van der Waals surface area (Å²) in [6.45, 7) is 3.41. The quantitative estimate of drug-likeness (QED) is 0.771. The maximum absolute atomic E-state index is 9.46. The van der Waals surface area contributed by atoms with E-state index in [9.17, 15) is 5.11 Å². The Bertz CT molecular complexity index is 507. The van der Waals surface area contributed by atoms with Crippen molar-refractivity contribution < 1.29 is 9.84 Å². The van der Waals surface area contributed by atoms with Gasteiger partial charge in [-0.05, 0) is 25.3 Å². The molecule has 1 aromatic rings. The molecule has 0 unspecified atom stereocenters. The van der Waals surface area contributed by atoms with Crippen molar-refractivity contribution in [3.8, 4) is 5.75 Å². The summed E-state index contributed by atoms with van der Waals surface area (Å²) >= 11 is 0. The second-order valence-electron chi connectivity index (χ2n) is 5.81. The number of aliphatic hydroxyl groups excluding tert-OH is 1. The summed E-state index contributed by atoms with van der Waals surface area (Å²) in [7, 11) is 0. The normalized spacial score (nSPS) is 15.3. The Balaban J connectivity index is 2.29. The molecule has 22 heavy (non-hydrogen) atoms. The summed E-state index contributed by atoms with van der Waals surface area (Å²) in [6, 6.07) is 5.92. The first-order valence-electron chi connectivity index (χ1n) is 8.29. The number of aliphatic hydroxyl groups is 1. The Labute approximate surface area is 132 Å². The molecule has 120 valence electrons. The Morgan fingerprint density at radius 2 is 2.09 bits per heavy atom. The van der Waals surface area contributed by atoms with Crippen molar-refractivity contribution in [3.05, 3.63) is 23.2 Å². The SMILES string of the molecule is CCCOc1cc([N+]#N)ccc1N(CCO)C1CCCCC1. The molecule has 0 bridgehead atoms. The third-order valence-corrected chi connectivity index (χ3v) is 4.19. The minimum absolute atomic E-state index is 0.121. The third kappa shape index (κ3) is 4.11. The van der Waals surface area contributed by atoms with Crippen molar-refractivity contribution in [2.45, 2.75) is 51.5 Å². The molecule has 1 aromatic carbocycles. The number of benzene rings is 1. The average Bonchev–Trinajstić information content (AvgIpc) is 2.58. The molecule has 0 amide bonds. The molecule has 1 N–H and O–H groups in total. The van der Waals surface area contributed by atoms with E-state index in [0.29, 0.717) is 24.9 Å². The second-order valence-corrected chi connectivity index (χ2v) is 5.81. The first-order valence-corrected chi connectivity index (χ1v) is 8.29. The second kappa shape index (κ2) is 8.60. The molecular formula is C17H26N3O2+. The van der Waals surface area contributed by atoms with Crippen LogP contribution in [0.25, 0.3) is 4.98 Å². The van der Waals surface area contributed by atoms with E-state index in [2.05, 4.69) is 16.8 Å². The number of rotatable bonds is 7. The van der Waals surface area contributed by atoms with Gasteiger partial charge in [-0.15, -0.1) is 0 Å². The summed E-state index contributed by atoms with van der Waals surface area (Å²) in [5, 5.41) is 18.4. The van der Waals surface area contributed by atoms with Gasteiger partial charge in [0.05, 0.1) is 25.0 Å². The van der Waals surface area contributed by atoms with Crippen LogP contribution in [0.5, 0.6) is 5.75 Å². The summed E-state index contributed by atoms with van der Waals surface area (Å²) in [6.07, 6.45) is 7.00. The number of hydrogen-bond donors (Lipinski definition) is 1. The standard InChI is InChI=1S/C17H26N3O2/c1-2-12-22-17-13-14(19-18)8-9-16(17)20(10-11-21)15-6-4-3-5-7-15/h8-9,13,15,21H,2-7,10-12H2,1H3/q+1. The van der Waals surface area contributed by atoms with E-state index in [1.165, 1.54) is 19.3 Å². The lowest BCUT2D eigenvalue weighted by Gasteiger charge is -2.36. The van der Waals surface area contributed by atoms with Gasteiger partial charge in [0.2, 0.25) is 5.39 Å². The molecule has 0 aliphatic heterocycles. The maximum Gasteiger partial charge on any atom is 0.388 e. The molecule has 0 saturated heterocycles. The zero-order valence-electron chi connectivity index (χ0n) is 13.4. The van der Waals surface area contributed by atoms with Crippen molar-refractivity contribution >= 4 is 11.4 Å². The Kier molecular flexibility index (Phi) is 6.47. The number of anilines is 1. The Morgan fingerprint density at radius 1 is 1.32 bits per heavy atom. The van der Waals surface area contributed by atoms with Gasteiger partial charge in [-0.1, -0.05) is 26.2 Å². The lowest BCUT2D eigenvalue weighted by atomic mass is 9.93. The molecule has 0 aromatic heterocycles. The summed E-state index contributed by atoms with van der Waals surface area (Å²) in [4.78, 5) is 5.51. The van der Waals surface area contributed by atoms with Gasteiger partial charge < -0.3 is 14.7 Å². The van der Waals surface area contributed by atoms with E-state index in [-0.39, 0.29) is 6.61 Å². The van der Waals surface area contributed by atoms with Crippen molar-refractivity contribution in [1.29, 1.82) is 5.39 Å². The van der Waals surface area contributed by atoms with Gasteiger partial charge in [-0.2, -0.15) is 0 Å². The average molecular weight is 304 g/mol. The fourth-order valence-electron chi connectivity index (χ4n) is 3.13. The minimum Gasteiger partial charge on any atom is -0.491 e. The van der Waals surface area contributed by atoms with Gasteiger partial charge in [0, 0.05) is 18.7 Å². The van der Waals surface area contributed by atoms with Crippen LogP contribution in [0.1, 0.15) is 45.4 Å². The van der Waals surface area contributed by atoms with Crippen molar-refractivity contribution in [3.63, 3.8) is 0 Å². The molecule has 2 rings (SSSR count). The predicted molar refractivity (Wildman–Crippen MR) is 88.3 cm³/mol. The highest BCUT2D eigenvalue weighted by Crippen LogP contribution is 2.36. The van der Waals surface area contributed by atoms with Gasteiger partial charge in [-0.3, -0.25) is 0 Å². The first-order chi connectivity index (χ1) is 10.8. The monoisotopic (exact) mass is 304 g/mol. The molecule has 1 fully saturated rings. The molecule has 0 radical (unpaired) electrons. The highest BCUT2D eigenvalue weighted by atomic mass is 16.5. The zero-order valence-corrected chi connectivity index (χ0v) is 13.4. The van der Waals surface area contributed by atoms with Crippen LogP contribution in [0.15, 0.2) is 18.2 Å². The smallest absolute Gasteiger partial charge is 0.388 e. The van der Waals surface area contributed by atoms with E-state index in [1.54, 1.807) is 12.1 Å². The lowest BCUT2D eigenvalue weighted by molar-refractivity contribution is 0.286. The van der Waals surface area contributed by atoms with Crippen LogP contribution in [0, 0.1) is 5.39 Å².